The van der Waals surface area contributed by atoms with E-state index in [1.165, 1.54) is 19.1 Å². The van der Waals surface area contributed by atoms with E-state index in [-0.39, 0.29) is 12.1 Å². The van der Waals surface area contributed by atoms with Gasteiger partial charge in [-0.15, -0.1) is 0 Å². The number of carbonyl (C=O) groups is 1. The van der Waals surface area contributed by atoms with E-state index >= 15 is 0 Å². The maximum Gasteiger partial charge on any atom is 0.257 e. The van der Waals surface area contributed by atoms with Gasteiger partial charge in [0.15, 0.2) is 0 Å². The van der Waals surface area contributed by atoms with Crippen LogP contribution in [0.4, 0.5) is 13.2 Å². The fraction of sp³-hybridized carbons (Fsp3) is 0.176. The van der Waals surface area contributed by atoms with Crippen LogP contribution in [0, 0.1) is 28.8 Å². The first-order valence-corrected chi connectivity index (χ1v) is 6.90. The molecule has 0 fully saturated rings. The van der Waals surface area contributed by atoms with Crippen molar-refractivity contribution in [3.8, 4) is 6.07 Å². The zero-order valence-electron chi connectivity index (χ0n) is 12.6. The van der Waals surface area contributed by atoms with E-state index in [4.69, 9.17) is 5.26 Å². The van der Waals surface area contributed by atoms with Crippen LogP contribution in [-0.2, 0) is 5.60 Å². The molecule has 0 saturated carbocycles. The molecule has 2 aromatic carbocycles. The summed E-state index contributed by atoms with van der Waals surface area (Å²) in [5, 5.41) is 21.2. The van der Waals surface area contributed by atoms with Gasteiger partial charge in [0.2, 0.25) is 0 Å². The summed E-state index contributed by atoms with van der Waals surface area (Å²) < 4.78 is 40.5. The monoisotopic (exact) mass is 334 g/mol. The first-order valence-electron chi connectivity index (χ1n) is 6.90. The molecule has 2 N–H and O–H groups in total. The predicted octanol–water partition coefficient (Wildman–Crippen LogP) is 2.61. The molecule has 0 radical (unpaired) electrons. The summed E-state index contributed by atoms with van der Waals surface area (Å²) in [6.45, 7) is 1.02. The number of halogens is 3. The van der Waals surface area contributed by atoms with Gasteiger partial charge in [0.25, 0.3) is 5.91 Å². The van der Waals surface area contributed by atoms with Crippen molar-refractivity contribution in [1.82, 2.24) is 5.32 Å². The van der Waals surface area contributed by atoms with E-state index in [0.717, 1.165) is 24.3 Å². The summed E-state index contributed by atoms with van der Waals surface area (Å²) >= 11 is 0. The van der Waals surface area contributed by atoms with Crippen LogP contribution < -0.4 is 5.32 Å². The Kier molecular flexibility index (Phi) is 4.90. The second-order valence-electron chi connectivity index (χ2n) is 5.39. The van der Waals surface area contributed by atoms with E-state index in [2.05, 4.69) is 5.32 Å². The molecule has 2 rings (SSSR count). The predicted molar refractivity (Wildman–Crippen MR) is 79.4 cm³/mol. The fourth-order valence-electron chi connectivity index (χ4n) is 2.11. The van der Waals surface area contributed by atoms with Crippen molar-refractivity contribution in [1.29, 1.82) is 5.26 Å². The fourth-order valence-corrected chi connectivity index (χ4v) is 2.11. The maximum absolute atomic E-state index is 13.8. The Balaban J connectivity index is 2.16. The topological polar surface area (TPSA) is 73.1 Å². The lowest BCUT2D eigenvalue weighted by Crippen LogP contribution is -2.39. The van der Waals surface area contributed by atoms with E-state index in [9.17, 15) is 23.1 Å². The summed E-state index contributed by atoms with van der Waals surface area (Å²) in [5.74, 6) is -3.91. The highest BCUT2D eigenvalue weighted by molar-refractivity contribution is 5.95. The highest BCUT2D eigenvalue weighted by Crippen LogP contribution is 2.21. The molecule has 0 heterocycles. The van der Waals surface area contributed by atoms with Crippen LogP contribution in [0.1, 0.15) is 28.4 Å². The van der Waals surface area contributed by atoms with Crippen molar-refractivity contribution >= 4 is 5.91 Å². The number of hydrogen-bond donors (Lipinski definition) is 2. The van der Waals surface area contributed by atoms with Gasteiger partial charge in [-0.2, -0.15) is 5.26 Å². The van der Waals surface area contributed by atoms with Gasteiger partial charge in [0, 0.05) is 0 Å². The summed E-state index contributed by atoms with van der Waals surface area (Å²) in [6.07, 6.45) is 0. The lowest BCUT2D eigenvalue weighted by atomic mass is 9.96. The molecule has 0 saturated heterocycles. The Labute approximate surface area is 136 Å². The van der Waals surface area contributed by atoms with E-state index in [1.807, 2.05) is 0 Å². The molecule has 124 valence electrons. The van der Waals surface area contributed by atoms with E-state index < -0.39 is 34.5 Å². The molecule has 4 nitrogen and oxygen atoms in total. The normalized spacial score (nSPS) is 13.0. The number of benzene rings is 2. The average molecular weight is 334 g/mol. The number of hydrogen-bond acceptors (Lipinski definition) is 3. The Bertz CT molecular complexity index is 789. The highest BCUT2D eigenvalue weighted by atomic mass is 19.1. The number of nitriles is 1. The first kappa shape index (κ1) is 17.5. The first-order chi connectivity index (χ1) is 11.2. The molecule has 0 aliphatic carbocycles. The van der Waals surface area contributed by atoms with Crippen molar-refractivity contribution in [2.75, 3.05) is 6.54 Å². The van der Waals surface area contributed by atoms with Gasteiger partial charge in [-0.05, 0) is 36.8 Å². The van der Waals surface area contributed by atoms with Crippen LogP contribution in [0.25, 0.3) is 0 Å². The van der Waals surface area contributed by atoms with Gasteiger partial charge < -0.3 is 10.4 Å². The van der Waals surface area contributed by atoms with Crippen LogP contribution in [-0.4, -0.2) is 17.6 Å². The molecule has 1 atom stereocenters. The molecule has 1 amide bonds. The summed E-state index contributed by atoms with van der Waals surface area (Å²) in [5.41, 5.74) is -2.34. The minimum absolute atomic E-state index is 0.250. The third-order valence-corrected chi connectivity index (χ3v) is 3.46. The number of carbonyl (C=O) groups excluding carboxylic acids is 1. The van der Waals surface area contributed by atoms with Crippen LogP contribution in [0.15, 0.2) is 36.4 Å². The van der Waals surface area contributed by atoms with Crippen LogP contribution in [0.2, 0.25) is 0 Å². The summed E-state index contributed by atoms with van der Waals surface area (Å²) in [7, 11) is 0. The third kappa shape index (κ3) is 3.73. The quantitative estimate of drug-likeness (QED) is 0.903. The second kappa shape index (κ2) is 6.72. The Hall–Kier alpha value is -2.85. The lowest BCUT2D eigenvalue weighted by Gasteiger charge is -2.24. The van der Waals surface area contributed by atoms with Gasteiger partial charge in [-0.3, -0.25) is 4.79 Å². The van der Waals surface area contributed by atoms with Crippen molar-refractivity contribution < 1.29 is 23.1 Å². The number of rotatable bonds is 4. The van der Waals surface area contributed by atoms with Crippen molar-refractivity contribution in [2.24, 2.45) is 0 Å². The number of amides is 1. The van der Waals surface area contributed by atoms with Crippen LogP contribution >= 0.6 is 0 Å². The lowest BCUT2D eigenvalue weighted by molar-refractivity contribution is 0.0523. The molecule has 0 aliphatic heterocycles. The summed E-state index contributed by atoms with van der Waals surface area (Å²) in [4.78, 5) is 12.0. The smallest absolute Gasteiger partial charge is 0.257 e. The number of nitrogens with one attached hydrogen (secondary N) is 1. The van der Waals surface area contributed by atoms with Crippen molar-refractivity contribution in [2.45, 2.75) is 12.5 Å². The summed E-state index contributed by atoms with van der Waals surface area (Å²) in [6, 6.07) is 8.03. The second-order valence-corrected chi connectivity index (χ2v) is 5.39. The van der Waals surface area contributed by atoms with Gasteiger partial charge in [0.05, 0.1) is 18.2 Å². The molecule has 0 aliphatic rings. The van der Waals surface area contributed by atoms with Gasteiger partial charge in [-0.25, -0.2) is 13.2 Å². The van der Waals surface area contributed by atoms with E-state index in [0.29, 0.717) is 5.56 Å². The Morgan fingerprint density at radius 3 is 2.25 bits per heavy atom. The van der Waals surface area contributed by atoms with Gasteiger partial charge >= 0.3 is 0 Å². The van der Waals surface area contributed by atoms with Crippen LogP contribution in [0.5, 0.6) is 0 Å². The molecule has 24 heavy (non-hydrogen) atoms. The van der Waals surface area contributed by atoms with Crippen LogP contribution in [0.3, 0.4) is 0 Å². The minimum atomic E-state index is -1.57. The standard InChI is InChI=1S/C17H13F3N2O2/c1-17(24,11-2-4-12(18)5-3-11)9-22-16(23)15-13(19)6-10(8-21)7-14(15)20/h2-7,24H,9H2,1H3,(H,22,23). The van der Waals surface area contributed by atoms with Gasteiger partial charge in [-0.1, -0.05) is 12.1 Å². The number of nitrogens with zero attached hydrogens (tertiary/aromatic N) is 1. The molecule has 0 bridgehead atoms. The highest BCUT2D eigenvalue weighted by Gasteiger charge is 2.26. The maximum atomic E-state index is 13.8. The van der Waals surface area contributed by atoms with Crippen molar-refractivity contribution in [3.63, 3.8) is 0 Å². The Morgan fingerprint density at radius 2 is 1.75 bits per heavy atom. The molecule has 0 aromatic heterocycles. The van der Waals surface area contributed by atoms with Gasteiger partial charge in [0.1, 0.15) is 28.6 Å². The zero-order chi connectivity index (χ0) is 17.9. The zero-order valence-corrected chi connectivity index (χ0v) is 12.6. The molecule has 1 unspecified atom stereocenters. The number of aliphatic hydroxyl groups is 1. The van der Waals surface area contributed by atoms with E-state index in [1.54, 1.807) is 6.07 Å². The third-order valence-electron chi connectivity index (χ3n) is 3.46. The largest absolute Gasteiger partial charge is 0.384 e. The minimum Gasteiger partial charge on any atom is -0.384 e. The molecule has 7 heteroatoms. The SMILES string of the molecule is CC(O)(CNC(=O)c1c(F)cc(C#N)cc1F)c1ccc(F)cc1. The molecular weight excluding hydrogens is 321 g/mol. The molecule has 2 aromatic rings. The van der Waals surface area contributed by atoms with Crippen molar-refractivity contribution in [3.05, 3.63) is 70.5 Å². The molecular formula is C17H13F3N2O2. The molecule has 0 spiro atoms. The average Bonchev–Trinajstić information content (AvgIpc) is 2.52. The Morgan fingerprint density at radius 1 is 1.21 bits per heavy atom.